The molecular formula is C97H102F4N24O4. The number of rotatable bonds is 16. The molecule has 0 radical (unpaired) electrons. The van der Waals surface area contributed by atoms with Crippen molar-refractivity contribution < 1.29 is 36.5 Å². The van der Waals surface area contributed by atoms with Gasteiger partial charge in [0.15, 0.2) is 0 Å². The Kier molecular flexibility index (Phi) is 21.4. The molecule has 12 aliphatic rings. The number of fused-ring (bicyclic) bond motifs is 16. The van der Waals surface area contributed by atoms with E-state index in [-0.39, 0.29) is 64.9 Å². The summed E-state index contributed by atoms with van der Waals surface area (Å²) in [5.74, 6) is 6.27. The van der Waals surface area contributed by atoms with Gasteiger partial charge in [0.05, 0.1) is 47.6 Å². The number of hydrogen-bond donors (Lipinski definition) is 8. The van der Waals surface area contributed by atoms with Crippen molar-refractivity contribution in [3.05, 3.63) is 213 Å². The van der Waals surface area contributed by atoms with Gasteiger partial charge >= 0.3 is 24.0 Å². The van der Waals surface area contributed by atoms with Crippen LogP contribution in [-0.2, 0) is 25.7 Å². The summed E-state index contributed by atoms with van der Waals surface area (Å²) in [6, 6.07) is 30.4. The first-order valence-electron chi connectivity index (χ1n) is 44.7. The van der Waals surface area contributed by atoms with Gasteiger partial charge in [-0.2, -0.15) is 39.9 Å². The van der Waals surface area contributed by atoms with Gasteiger partial charge in [-0.3, -0.25) is 19.9 Å². The number of benzene rings is 4. The number of halogens is 4. The maximum Gasteiger partial charge on any atom is 0.324 e. The standard InChI is InChI=1S/C26H29FN6O.2C24H25FN6O.C23H23FN6O/c1-14-3-6-19(11-30-14)34-26-31-23-10-20-21(8-17(27)9-22(20)29-2)24(23)25(32-26)33-12-15-4-5-18(28)7-16(15)13-33;1-12-3-5-15(11-28-12)32-24-29-20-10-16-17(7-13(25)8-19(16)27-2)22(20)23(30-24)31-14-4-6-21(31)18(26)9-14;1-13-3-4-16(10-28-13)32-24-29-20-9-17-18(7-15(25)8-19(17)26-2)22(20)23(30-24)31-11-14-5-6-27-21(14)12-31;1-12-3-4-14(9-27-12)31-22-28-18-7-15-16(5-13(24)6-17(15)26-2)20(18)21(29-22)30-10-23(11-30)8-19(23)25/h3,6,8-9,11,15-16,18,29H,4-5,7,10,12-13,28H2,1-2H3;3,5,7-8,11,14,18,21,27H,4,6,9-10,26H2,1-2H3;3-4,7-8,10,14,21,26-27H,5-6,9,11-12H2,1-2H3;3-6,9,19,26H,7-8,10-11,25H2,1-2H3/t15-,16+,18+;;;/m0.../s1. The van der Waals surface area contributed by atoms with Crippen LogP contribution in [0.1, 0.15) is 119 Å². The first-order chi connectivity index (χ1) is 62.5. The lowest BCUT2D eigenvalue weighted by atomic mass is 9.79. The van der Waals surface area contributed by atoms with E-state index < -0.39 is 0 Å². The molecule has 2 saturated carbocycles. The van der Waals surface area contributed by atoms with Gasteiger partial charge in [-0.15, -0.1) is 0 Å². The number of aryl methyl sites for hydroxylation is 4. The van der Waals surface area contributed by atoms with E-state index in [9.17, 15) is 17.6 Å². The summed E-state index contributed by atoms with van der Waals surface area (Å²) in [6.07, 6.45) is 17.6. The average Bonchev–Trinajstić information content (AvgIpc) is 1.56. The number of nitrogens with zero attached hydrogens (tertiary/aromatic N) is 16. The number of nitrogens with two attached hydrogens (primary N) is 3. The number of ether oxygens (including phenoxy) is 4. The van der Waals surface area contributed by atoms with Crippen LogP contribution in [0.25, 0.3) is 44.5 Å². The molecule has 4 aromatic carbocycles. The fourth-order valence-electron chi connectivity index (χ4n) is 21.4. The molecule has 24 rings (SSSR count). The van der Waals surface area contributed by atoms with E-state index >= 15 is 0 Å². The minimum Gasteiger partial charge on any atom is -0.423 e. The first-order valence-corrected chi connectivity index (χ1v) is 44.7. The largest absolute Gasteiger partial charge is 0.423 e. The van der Waals surface area contributed by atoms with E-state index in [2.05, 4.69) is 66.1 Å². The summed E-state index contributed by atoms with van der Waals surface area (Å²) in [6.45, 7) is 14.1. The van der Waals surface area contributed by atoms with E-state index in [0.717, 1.165) is 249 Å². The van der Waals surface area contributed by atoms with Crippen LogP contribution >= 0.6 is 0 Å². The van der Waals surface area contributed by atoms with Gasteiger partial charge in [0.1, 0.15) is 69.5 Å². The van der Waals surface area contributed by atoms with Gasteiger partial charge in [-0.1, -0.05) is 0 Å². The Morgan fingerprint density at radius 2 is 0.767 bits per heavy atom. The Morgan fingerprint density at radius 1 is 0.403 bits per heavy atom. The van der Waals surface area contributed by atoms with Crippen LogP contribution in [0.5, 0.6) is 47.0 Å². The van der Waals surface area contributed by atoms with E-state index in [1.165, 1.54) is 24.6 Å². The summed E-state index contributed by atoms with van der Waals surface area (Å²) in [5, 5.41) is 16.1. The molecule has 8 fully saturated rings. The molecule has 28 nitrogen and oxygen atoms in total. The Balaban J connectivity index is 0.000000104. The minimum atomic E-state index is -0.280. The zero-order valence-electron chi connectivity index (χ0n) is 73.2. The minimum absolute atomic E-state index is 0.117. The smallest absolute Gasteiger partial charge is 0.324 e. The SMILES string of the molecule is CNc1cc(F)cc2c1Cc1nc(Oc3ccc(C)nc3)nc(N3C4CCC3C(N)C4)c1-2.CNc1cc(F)cc2c1Cc1nc(Oc3ccc(C)nc3)nc(N3CC4(CC4N)C3)c1-2.CNc1cc(F)cc2c1Cc1nc(Oc3ccc(C)nc3)nc(N3CC4CCNC4C3)c1-2.CNc1cc(F)cc2c1Cc1nc(Oc3ccc(C)nc3)nc(N3C[C@H]4C[C@H](N)CC[C@H]4C3)c1-2. The topological polar surface area (TPSA) is 343 Å². The average molecular weight is 1740 g/mol. The van der Waals surface area contributed by atoms with Gasteiger partial charge in [0.2, 0.25) is 0 Å². The molecule has 6 aliphatic carbocycles. The van der Waals surface area contributed by atoms with Crippen molar-refractivity contribution in [1.29, 1.82) is 0 Å². The van der Waals surface area contributed by atoms with Crippen molar-refractivity contribution in [2.24, 2.45) is 40.4 Å². The molecule has 129 heavy (non-hydrogen) atoms. The summed E-state index contributed by atoms with van der Waals surface area (Å²) in [7, 11) is 7.25. The fourth-order valence-corrected chi connectivity index (χ4v) is 21.4. The zero-order chi connectivity index (χ0) is 88.5. The lowest BCUT2D eigenvalue weighted by Gasteiger charge is -2.42. The van der Waals surface area contributed by atoms with Crippen molar-refractivity contribution in [2.75, 3.05) is 115 Å². The third kappa shape index (κ3) is 15.7. The van der Waals surface area contributed by atoms with Gasteiger partial charge in [-0.25, -0.2) is 17.6 Å². The maximum absolute atomic E-state index is 14.6. The van der Waals surface area contributed by atoms with Crippen LogP contribution in [0.3, 0.4) is 0 Å². The number of nitrogens with one attached hydrogen (secondary N) is 5. The molecule has 6 unspecified atom stereocenters. The van der Waals surface area contributed by atoms with E-state index in [1.807, 2.05) is 97.4 Å². The molecular weight excluding hydrogens is 1640 g/mol. The lowest BCUT2D eigenvalue weighted by molar-refractivity contribution is 0.271. The van der Waals surface area contributed by atoms with E-state index in [1.54, 1.807) is 62.2 Å². The van der Waals surface area contributed by atoms with Gasteiger partial charge in [0, 0.05) is 203 Å². The molecule has 6 aliphatic heterocycles. The molecule has 662 valence electrons. The highest BCUT2D eigenvalue weighted by molar-refractivity contribution is 5.92. The predicted molar refractivity (Wildman–Crippen MR) is 488 cm³/mol. The second-order valence-corrected chi connectivity index (χ2v) is 36.3. The molecule has 1 spiro atoms. The second kappa shape index (κ2) is 33.2. The molecule has 11 N–H and O–H groups in total. The molecule has 6 saturated heterocycles. The maximum atomic E-state index is 14.6. The summed E-state index contributed by atoms with van der Waals surface area (Å²) < 4.78 is 81.9. The van der Waals surface area contributed by atoms with E-state index in [4.69, 9.17) is 76.0 Å². The fraction of sp³-hybridized carbons (Fsp3) is 0.381. The van der Waals surface area contributed by atoms with Crippen LogP contribution in [0.2, 0.25) is 0 Å². The van der Waals surface area contributed by atoms with Crippen molar-refractivity contribution in [1.82, 2.24) is 65.1 Å². The molecule has 12 aromatic rings. The highest BCUT2D eigenvalue weighted by Crippen LogP contribution is 2.57. The van der Waals surface area contributed by atoms with E-state index in [0.29, 0.717) is 90.5 Å². The molecule has 32 heteroatoms. The lowest BCUT2D eigenvalue weighted by Crippen LogP contribution is -2.52. The number of pyridine rings is 4. The monoisotopic (exact) mass is 1740 g/mol. The Labute approximate surface area is 744 Å². The van der Waals surface area contributed by atoms with Crippen molar-refractivity contribution in [2.45, 2.75) is 141 Å². The quantitative estimate of drug-likeness (QED) is 0.0417. The molecule has 14 heterocycles. The Hall–Kier alpha value is -13.0. The van der Waals surface area contributed by atoms with Crippen LogP contribution in [0.15, 0.2) is 122 Å². The zero-order valence-corrected chi connectivity index (χ0v) is 73.2. The Bertz CT molecular complexity index is 6380. The first kappa shape index (κ1) is 82.9. The number of anilines is 8. The molecule has 8 aromatic heterocycles. The summed E-state index contributed by atoms with van der Waals surface area (Å²) in [5.41, 5.74) is 40.5. The molecule has 9 atom stereocenters. The third-order valence-electron chi connectivity index (χ3n) is 28.0. The Morgan fingerprint density at radius 3 is 1.12 bits per heavy atom. The van der Waals surface area contributed by atoms with Gasteiger partial charge in [0.25, 0.3) is 0 Å². The van der Waals surface area contributed by atoms with Crippen molar-refractivity contribution >= 4 is 46.0 Å². The highest BCUT2D eigenvalue weighted by Gasteiger charge is 2.61. The van der Waals surface area contributed by atoms with Crippen molar-refractivity contribution in [3.8, 4) is 91.5 Å². The third-order valence-corrected chi connectivity index (χ3v) is 28.0. The van der Waals surface area contributed by atoms with Crippen LogP contribution < -0.4 is 82.3 Å². The highest BCUT2D eigenvalue weighted by atomic mass is 19.1. The van der Waals surface area contributed by atoms with Gasteiger partial charge < -0.3 is 82.3 Å². The molecule has 2 bridgehead atoms. The van der Waals surface area contributed by atoms with Crippen molar-refractivity contribution in [3.63, 3.8) is 0 Å². The predicted octanol–water partition coefficient (Wildman–Crippen LogP) is 14.9. The summed E-state index contributed by atoms with van der Waals surface area (Å²) >= 11 is 0. The van der Waals surface area contributed by atoms with Crippen LogP contribution in [0, 0.1) is 74.1 Å². The van der Waals surface area contributed by atoms with Crippen LogP contribution in [-0.4, -0.2) is 170 Å². The van der Waals surface area contributed by atoms with Crippen LogP contribution in [0.4, 0.5) is 63.6 Å². The summed E-state index contributed by atoms with van der Waals surface area (Å²) in [4.78, 5) is 64.7. The van der Waals surface area contributed by atoms with Gasteiger partial charge in [-0.05, 0) is 245 Å². The number of aromatic nitrogens is 12. The molecule has 0 amide bonds. The number of hydrogen-bond acceptors (Lipinski definition) is 28. The second-order valence-electron chi connectivity index (χ2n) is 36.3. The normalized spacial score (nSPS) is 21.5.